The summed E-state index contributed by atoms with van der Waals surface area (Å²) >= 11 is 0. The summed E-state index contributed by atoms with van der Waals surface area (Å²) < 4.78 is 0. The number of anilines is 1. The fraction of sp³-hybridized carbons (Fsp3) is 0.462. The summed E-state index contributed by atoms with van der Waals surface area (Å²) in [6.45, 7) is 4.21. The second-order valence-corrected chi connectivity index (χ2v) is 4.51. The molecule has 0 radical (unpaired) electrons. The minimum atomic E-state index is -0.788. The van der Waals surface area contributed by atoms with E-state index in [4.69, 9.17) is 5.11 Å². The molecule has 1 rings (SSSR count). The van der Waals surface area contributed by atoms with E-state index in [1.807, 2.05) is 31.1 Å². The SMILES string of the molecule is CC(C)c1ccc(N(C)C)c(CC(=O)O)c1. The van der Waals surface area contributed by atoms with Crippen LogP contribution in [0.4, 0.5) is 5.69 Å². The number of carbonyl (C=O) groups is 1. The first-order valence-electron chi connectivity index (χ1n) is 5.43. The lowest BCUT2D eigenvalue weighted by atomic mass is 9.98. The van der Waals surface area contributed by atoms with Gasteiger partial charge in [0, 0.05) is 19.8 Å². The maximum atomic E-state index is 10.8. The first-order valence-corrected chi connectivity index (χ1v) is 5.43. The first-order chi connectivity index (χ1) is 7.41. The molecule has 1 N–H and O–H groups in total. The standard InChI is InChI=1S/C13H19NO2/c1-9(2)10-5-6-12(14(3)4)11(7-10)8-13(15)16/h5-7,9H,8H2,1-4H3,(H,15,16). The summed E-state index contributed by atoms with van der Waals surface area (Å²) in [6, 6.07) is 6.05. The Bertz CT molecular complexity index is 384. The average molecular weight is 221 g/mol. The highest BCUT2D eigenvalue weighted by atomic mass is 16.4. The van der Waals surface area contributed by atoms with Crippen LogP contribution in [0.1, 0.15) is 30.9 Å². The zero-order valence-corrected chi connectivity index (χ0v) is 10.3. The van der Waals surface area contributed by atoms with Gasteiger partial charge in [0.2, 0.25) is 0 Å². The van der Waals surface area contributed by atoms with E-state index in [0.717, 1.165) is 11.3 Å². The van der Waals surface area contributed by atoms with Gasteiger partial charge in [-0.25, -0.2) is 0 Å². The number of carboxylic acid groups (broad SMARTS) is 1. The van der Waals surface area contributed by atoms with Crippen LogP contribution in [0.15, 0.2) is 18.2 Å². The second-order valence-electron chi connectivity index (χ2n) is 4.51. The van der Waals surface area contributed by atoms with Crippen LogP contribution in [0.5, 0.6) is 0 Å². The van der Waals surface area contributed by atoms with Crippen LogP contribution in [-0.4, -0.2) is 25.2 Å². The summed E-state index contributed by atoms with van der Waals surface area (Å²) in [5.41, 5.74) is 3.04. The maximum absolute atomic E-state index is 10.8. The lowest BCUT2D eigenvalue weighted by Gasteiger charge is -2.18. The Labute approximate surface area is 96.7 Å². The molecule has 0 spiro atoms. The normalized spacial score (nSPS) is 10.6. The summed E-state index contributed by atoms with van der Waals surface area (Å²) in [7, 11) is 3.85. The smallest absolute Gasteiger partial charge is 0.307 e. The van der Waals surface area contributed by atoms with Gasteiger partial charge >= 0.3 is 5.97 Å². The van der Waals surface area contributed by atoms with Crippen molar-refractivity contribution in [3.05, 3.63) is 29.3 Å². The van der Waals surface area contributed by atoms with Crippen molar-refractivity contribution in [2.45, 2.75) is 26.2 Å². The molecule has 0 aliphatic carbocycles. The van der Waals surface area contributed by atoms with Crippen molar-refractivity contribution in [2.24, 2.45) is 0 Å². The highest BCUT2D eigenvalue weighted by molar-refractivity contribution is 5.73. The highest BCUT2D eigenvalue weighted by Crippen LogP contribution is 2.24. The number of hydrogen-bond acceptors (Lipinski definition) is 2. The summed E-state index contributed by atoms with van der Waals surface area (Å²) in [5.74, 6) is -0.368. The molecule has 0 aromatic heterocycles. The lowest BCUT2D eigenvalue weighted by molar-refractivity contribution is -0.136. The predicted octanol–water partition coefficient (Wildman–Crippen LogP) is 2.50. The molecule has 0 aliphatic heterocycles. The molecule has 0 bridgehead atoms. The third-order valence-electron chi connectivity index (χ3n) is 2.59. The Kier molecular flexibility index (Phi) is 3.93. The fourth-order valence-corrected chi connectivity index (χ4v) is 1.71. The van der Waals surface area contributed by atoms with Crippen molar-refractivity contribution < 1.29 is 9.90 Å². The van der Waals surface area contributed by atoms with Gasteiger partial charge in [0.1, 0.15) is 0 Å². The third-order valence-corrected chi connectivity index (χ3v) is 2.59. The zero-order chi connectivity index (χ0) is 12.3. The van der Waals surface area contributed by atoms with Gasteiger partial charge in [-0.1, -0.05) is 26.0 Å². The number of nitrogens with zero attached hydrogens (tertiary/aromatic N) is 1. The monoisotopic (exact) mass is 221 g/mol. The molecule has 0 fully saturated rings. The van der Waals surface area contributed by atoms with Crippen LogP contribution < -0.4 is 4.90 Å². The molecule has 16 heavy (non-hydrogen) atoms. The second kappa shape index (κ2) is 5.01. The molecule has 88 valence electrons. The van der Waals surface area contributed by atoms with Gasteiger partial charge in [0.05, 0.1) is 6.42 Å². The third kappa shape index (κ3) is 2.99. The molecule has 0 unspecified atom stereocenters. The molecule has 1 aromatic rings. The van der Waals surface area contributed by atoms with Crippen molar-refractivity contribution >= 4 is 11.7 Å². The molecule has 0 saturated heterocycles. The Morgan fingerprint density at radius 1 is 1.38 bits per heavy atom. The van der Waals surface area contributed by atoms with Crippen LogP contribution in [0, 0.1) is 0 Å². The molecule has 3 nitrogen and oxygen atoms in total. The number of rotatable bonds is 4. The molecular formula is C13H19NO2. The summed E-state index contributed by atoms with van der Waals surface area (Å²) in [4.78, 5) is 12.8. The number of benzene rings is 1. The van der Waals surface area contributed by atoms with E-state index in [0.29, 0.717) is 5.92 Å². The van der Waals surface area contributed by atoms with E-state index in [9.17, 15) is 4.79 Å². The van der Waals surface area contributed by atoms with Crippen LogP contribution in [0.2, 0.25) is 0 Å². The first kappa shape index (κ1) is 12.6. The van der Waals surface area contributed by atoms with Crippen LogP contribution in [-0.2, 0) is 11.2 Å². The van der Waals surface area contributed by atoms with E-state index >= 15 is 0 Å². The van der Waals surface area contributed by atoms with Gasteiger partial charge in [0.25, 0.3) is 0 Å². The Morgan fingerprint density at radius 3 is 2.44 bits per heavy atom. The van der Waals surface area contributed by atoms with Gasteiger partial charge in [-0.15, -0.1) is 0 Å². The van der Waals surface area contributed by atoms with E-state index in [1.54, 1.807) is 0 Å². The Morgan fingerprint density at radius 2 is 2.00 bits per heavy atom. The van der Waals surface area contributed by atoms with Crippen molar-refractivity contribution in [3.63, 3.8) is 0 Å². The lowest BCUT2D eigenvalue weighted by Crippen LogP contribution is -2.13. The van der Waals surface area contributed by atoms with Crippen LogP contribution >= 0.6 is 0 Å². The van der Waals surface area contributed by atoms with Crippen LogP contribution in [0.3, 0.4) is 0 Å². The van der Waals surface area contributed by atoms with Gasteiger partial charge in [-0.05, 0) is 23.1 Å². The van der Waals surface area contributed by atoms with Crippen molar-refractivity contribution in [3.8, 4) is 0 Å². The van der Waals surface area contributed by atoms with E-state index in [-0.39, 0.29) is 6.42 Å². The Balaban J connectivity index is 3.15. The number of carboxylic acids is 1. The largest absolute Gasteiger partial charge is 0.481 e. The highest BCUT2D eigenvalue weighted by Gasteiger charge is 2.10. The molecule has 0 aliphatic rings. The van der Waals surface area contributed by atoms with Crippen molar-refractivity contribution in [2.75, 3.05) is 19.0 Å². The molecule has 0 atom stereocenters. The molecule has 1 aromatic carbocycles. The topological polar surface area (TPSA) is 40.5 Å². The quantitative estimate of drug-likeness (QED) is 0.849. The molecule has 3 heteroatoms. The van der Waals surface area contributed by atoms with Gasteiger partial charge in [0.15, 0.2) is 0 Å². The fourth-order valence-electron chi connectivity index (χ4n) is 1.71. The van der Waals surface area contributed by atoms with Crippen LogP contribution in [0.25, 0.3) is 0 Å². The maximum Gasteiger partial charge on any atom is 0.307 e. The molecule has 0 saturated carbocycles. The predicted molar refractivity (Wildman–Crippen MR) is 66.2 cm³/mol. The molecule has 0 amide bonds. The molecule has 0 heterocycles. The number of hydrogen-bond donors (Lipinski definition) is 1. The summed E-state index contributed by atoms with van der Waals surface area (Å²) in [6.07, 6.45) is 0.0775. The zero-order valence-electron chi connectivity index (χ0n) is 10.3. The average Bonchev–Trinajstić information content (AvgIpc) is 2.15. The van der Waals surface area contributed by atoms with Gasteiger partial charge in [-0.3, -0.25) is 4.79 Å². The summed E-state index contributed by atoms with van der Waals surface area (Å²) in [5, 5.41) is 8.88. The molecular weight excluding hydrogens is 202 g/mol. The van der Waals surface area contributed by atoms with Crippen molar-refractivity contribution in [1.29, 1.82) is 0 Å². The number of aliphatic carboxylic acids is 1. The van der Waals surface area contributed by atoms with E-state index in [2.05, 4.69) is 19.9 Å². The van der Waals surface area contributed by atoms with Crippen molar-refractivity contribution in [1.82, 2.24) is 0 Å². The van der Waals surface area contributed by atoms with E-state index in [1.165, 1.54) is 5.56 Å². The van der Waals surface area contributed by atoms with Gasteiger partial charge in [-0.2, -0.15) is 0 Å². The minimum absolute atomic E-state index is 0.0775. The minimum Gasteiger partial charge on any atom is -0.481 e. The van der Waals surface area contributed by atoms with E-state index < -0.39 is 5.97 Å². The Hall–Kier alpha value is -1.51. The van der Waals surface area contributed by atoms with Gasteiger partial charge < -0.3 is 10.0 Å².